The van der Waals surface area contributed by atoms with E-state index >= 15 is 0 Å². The minimum absolute atomic E-state index is 0.233. The van der Waals surface area contributed by atoms with Gasteiger partial charge in [-0.15, -0.1) is 10.2 Å². The second-order valence-corrected chi connectivity index (χ2v) is 4.82. The maximum atomic E-state index is 11.3. The lowest BCUT2D eigenvalue weighted by molar-refractivity contribution is -0.139. The van der Waals surface area contributed by atoms with Gasteiger partial charge in [0.2, 0.25) is 0 Å². The highest BCUT2D eigenvalue weighted by Crippen LogP contribution is 2.18. The largest absolute Gasteiger partial charge is 0.480 e. The van der Waals surface area contributed by atoms with Gasteiger partial charge in [-0.25, -0.2) is 0 Å². The van der Waals surface area contributed by atoms with Crippen LogP contribution in [0.25, 0.3) is 0 Å². The van der Waals surface area contributed by atoms with Gasteiger partial charge in [0.05, 0.1) is 13.6 Å². The van der Waals surface area contributed by atoms with Crippen molar-refractivity contribution < 1.29 is 9.90 Å². The van der Waals surface area contributed by atoms with Crippen molar-refractivity contribution in [2.24, 2.45) is 7.05 Å². The number of carbonyl (C=O) groups is 1. The minimum atomic E-state index is -0.956. The van der Waals surface area contributed by atoms with E-state index in [4.69, 9.17) is 0 Å². The number of hydrogen-bond acceptors (Lipinski definition) is 5. The van der Waals surface area contributed by atoms with Crippen LogP contribution in [-0.4, -0.2) is 31.3 Å². The first-order valence-electron chi connectivity index (χ1n) is 5.51. The van der Waals surface area contributed by atoms with Crippen LogP contribution >= 0.6 is 15.9 Å². The van der Waals surface area contributed by atoms with Crippen molar-refractivity contribution in [2.45, 2.75) is 12.6 Å². The first-order chi connectivity index (χ1) is 9.06. The van der Waals surface area contributed by atoms with Crippen molar-refractivity contribution >= 4 is 21.9 Å². The van der Waals surface area contributed by atoms with E-state index < -0.39 is 12.0 Å². The molecule has 1 aromatic carbocycles. The number of halogens is 1. The van der Waals surface area contributed by atoms with Crippen molar-refractivity contribution in [3.05, 3.63) is 40.1 Å². The Bertz CT molecular complexity index is 586. The fourth-order valence-electron chi connectivity index (χ4n) is 1.62. The van der Waals surface area contributed by atoms with E-state index in [2.05, 4.69) is 36.7 Å². The van der Waals surface area contributed by atoms with E-state index in [-0.39, 0.29) is 6.54 Å². The maximum absolute atomic E-state index is 11.3. The van der Waals surface area contributed by atoms with Crippen LogP contribution in [0.15, 0.2) is 28.7 Å². The van der Waals surface area contributed by atoms with Gasteiger partial charge in [0, 0.05) is 4.47 Å². The predicted octanol–water partition coefficient (Wildman–Crippen LogP) is 0.888. The molecule has 0 saturated heterocycles. The van der Waals surface area contributed by atoms with Gasteiger partial charge < -0.3 is 5.11 Å². The van der Waals surface area contributed by atoms with Crippen LogP contribution in [0.4, 0.5) is 0 Å². The number of rotatable bonds is 5. The molecule has 0 spiro atoms. The van der Waals surface area contributed by atoms with Crippen LogP contribution in [0.3, 0.4) is 0 Å². The molecular formula is C11H12BrN5O2. The van der Waals surface area contributed by atoms with Crippen molar-refractivity contribution in [3.8, 4) is 0 Å². The van der Waals surface area contributed by atoms with E-state index in [1.54, 1.807) is 25.2 Å². The summed E-state index contributed by atoms with van der Waals surface area (Å²) in [7, 11) is 1.65. The zero-order valence-electron chi connectivity index (χ0n) is 10.1. The average Bonchev–Trinajstić information content (AvgIpc) is 2.75. The standard InChI is InChI=1S/C11H12BrN5O2/c1-17-15-9(14-16-17)6-13-10(11(18)19)7-3-2-4-8(12)5-7/h2-5,10,13H,6H2,1H3,(H,18,19). The molecule has 0 aliphatic rings. The topological polar surface area (TPSA) is 92.9 Å². The number of nitrogens with one attached hydrogen (secondary N) is 1. The van der Waals surface area contributed by atoms with Crippen molar-refractivity contribution in [1.82, 2.24) is 25.5 Å². The molecule has 0 bridgehead atoms. The molecule has 19 heavy (non-hydrogen) atoms. The molecule has 8 heteroatoms. The summed E-state index contributed by atoms with van der Waals surface area (Å²) in [4.78, 5) is 12.6. The van der Waals surface area contributed by atoms with E-state index in [1.165, 1.54) is 4.80 Å². The molecule has 1 aromatic heterocycles. The molecule has 1 heterocycles. The molecule has 0 radical (unpaired) electrons. The van der Waals surface area contributed by atoms with Gasteiger partial charge in [-0.3, -0.25) is 10.1 Å². The Balaban J connectivity index is 2.10. The fraction of sp³-hybridized carbons (Fsp3) is 0.273. The quantitative estimate of drug-likeness (QED) is 0.848. The van der Waals surface area contributed by atoms with Gasteiger partial charge in [-0.05, 0) is 22.9 Å². The summed E-state index contributed by atoms with van der Waals surface area (Å²) >= 11 is 3.32. The Morgan fingerprint density at radius 2 is 2.37 bits per heavy atom. The number of carboxylic acids is 1. The number of aryl methyl sites for hydroxylation is 1. The summed E-state index contributed by atoms with van der Waals surface area (Å²) < 4.78 is 0.829. The van der Waals surface area contributed by atoms with Gasteiger partial charge in [0.1, 0.15) is 6.04 Å². The van der Waals surface area contributed by atoms with Crippen LogP contribution in [-0.2, 0) is 18.4 Å². The Morgan fingerprint density at radius 1 is 1.58 bits per heavy atom. The van der Waals surface area contributed by atoms with Crippen molar-refractivity contribution in [3.63, 3.8) is 0 Å². The van der Waals surface area contributed by atoms with Crippen molar-refractivity contribution in [1.29, 1.82) is 0 Å². The van der Waals surface area contributed by atoms with Crippen LogP contribution in [0, 0.1) is 0 Å². The number of carboxylic acid groups (broad SMARTS) is 1. The molecule has 1 unspecified atom stereocenters. The molecule has 0 aliphatic carbocycles. The van der Waals surface area contributed by atoms with E-state index in [9.17, 15) is 9.90 Å². The smallest absolute Gasteiger partial charge is 0.325 e. The van der Waals surface area contributed by atoms with Gasteiger partial charge in [0.25, 0.3) is 0 Å². The minimum Gasteiger partial charge on any atom is -0.480 e. The highest BCUT2D eigenvalue weighted by atomic mass is 79.9. The molecule has 2 N–H and O–H groups in total. The molecular weight excluding hydrogens is 314 g/mol. The number of tetrazole rings is 1. The van der Waals surface area contributed by atoms with Gasteiger partial charge >= 0.3 is 5.97 Å². The van der Waals surface area contributed by atoms with Crippen LogP contribution in [0.5, 0.6) is 0 Å². The molecule has 100 valence electrons. The summed E-state index contributed by atoms with van der Waals surface area (Å²) in [6.07, 6.45) is 0. The van der Waals surface area contributed by atoms with Gasteiger partial charge in [-0.1, -0.05) is 28.1 Å². The highest BCUT2D eigenvalue weighted by Gasteiger charge is 2.20. The first kappa shape index (κ1) is 13.6. The Morgan fingerprint density at radius 3 is 2.95 bits per heavy atom. The lowest BCUT2D eigenvalue weighted by Gasteiger charge is -2.13. The van der Waals surface area contributed by atoms with Gasteiger partial charge in [0.15, 0.2) is 5.82 Å². The Hall–Kier alpha value is -1.80. The monoisotopic (exact) mass is 325 g/mol. The number of hydrogen-bond donors (Lipinski definition) is 2. The molecule has 2 aromatic rings. The third-order valence-electron chi connectivity index (χ3n) is 2.44. The van der Waals surface area contributed by atoms with Crippen molar-refractivity contribution in [2.75, 3.05) is 0 Å². The zero-order chi connectivity index (χ0) is 13.8. The zero-order valence-corrected chi connectivity index (χ0v) is 11.7. The van der Waals surface area contributed by atoms with E-state index in [1.807, 2.05) is 6.07 Å². The second kappa shape index (κ2) is 5.89. The second-order valence-electron chi connectivity index (χ2n) is 3.90. The summed E-state index contributed by atoms with van der Waals surface area (Å²) in [6.45, 7) is 0.233. The maximum Gasteiger partial charge on any atom is 0.325 e. The summed E-state index contributed by atoms with van der Waals surface area (Å²) in [5, 5.41) is 23.6. The molecule has 1 atom stereocenters. The molecule has 0 saturated carbocycles. The lowest BCUT2D eigenvalue weighted by Crippen LogP contribution is -2.28. The number of benzene rings is 1. The number of nitrogens with zero attached hydrogens (tertiary/aromatic N) is 4. The molecule has 0 amide bonds. The van der Waals surface area contributed by atoms with Crippen LogP contribution < -0.4 is 5.32 Å². The van der Waals surface area contributed by atoms with E-state index in [0.717, 1.165) is 4.47 Å². The summed E-state index contributed by atoms with van der Waals surface area (Å²) in [5.41, 5.74) is 0.658. The third-order valence-corrected chi connectivity index (χ3v) is 2.94. The summed E-state index contributed by atoms with van der Waals surface area (Å²) in [6, 6.07) is 6.32. The SMILES string of the molecule is Cn1nnc(CNC(C(=O)O)c2cccc(Br)c2)n1. The molecule has 0 fully saturated rings. The molecule has 0 aliphatic heterocycles. The Kier molecular flexibility index (Phi) is 4.23. The summed E-state index contributed by atoms with van der Waals surface area (Å²) in [5.74, 6) is -0.509. The van der Waals surface area contributed by atoms with E-state index in [0.29, 0.717) is 11.4 Å². The van der Waals surface area contributed by atoms with Crippen LogP contribution in [0.2, 0.25) is 0 Å². The molecule has 7 nitrogen and oxygen atoms in total. The first-order valence-corrected chi connectivity index (χ1v) is 6.30. The molecule has 2 rings (SSSR count). The number of aromatic nitrogens is 4. The highest BCUT2D eigenvalue weighted by molar-refractivity contribution is 9.10. The Labute approximate surface area is 117 Å². The fourth-order valence-corrected chi connectivity index (χ4v) is 2.04. The van der Waals surface area contributed by atoms with Crippen LogP contribution in [0.1, 0.15) is 17.4 Å². The lowest BCUT2D eigenvalue weighted by atomic mass is 10.1. The average molecular weight is 326 g/mol. The number of aliphatic carboxylic acids is 1. The predicted molar refractivity (Wildman–Crippen MR) is 70.2 cm³/mol. The third kappa shape index (κ3) is 3.58. The van der Waals surface area contributed by atoms with Gasteiger partial charge in [-0.2, -0.15) is 4.80 Å². The normalized spacial score (nSPS) is 12.3.